The number of ketones is 1. The van der Waals surface area contributed by atoms with Gasteiger partial charge >= 0.3 is 0 Å². The highest BCUT2D eigenvalue weighted by molar-refractivity contribution is 5.79. The van der Waals surface area contributed by atoms with Crippen molar-refractivity contribution in [1.29, 1.82) is 0 Å². The fraction of sp³-hybridized carbons (Fsp3) is 0.562. The van der Waals surface area contributed by atoms with Gasteiger partial charge in [0.15, 0.2) is 0 Å². The van der Waals surface area contributed by atoms with Gasteiger partial charge in [-0.25, -0.2) is 0 Å². The Labute approximate surface area is 120 Å². The first-order valence-corrected chi connectivity index (χ1v) is 7.23. The summed E-state index contributed by atoms with van der Waals surface area (Å²) in [5.41, 5.74) is 14.0. The molecule has 20 heavy (non-hydrogen) atoms. The lowest BCUT2D eigenvalue weighted by atomic mass is 9.73. The molecule has 1 fully saturated rings. The highest BCUT2D eigenvalue weighted by atomic mass is 16.5. The summed E-state index contributed by atoms with van der Waals surface area (Å²) in [7, 11) is 0. The predicted octanol–water partition coefficient (Wildman–Crippen LogP) is 2.59. The van der Waals surface area contributed by atoms with Gasteiger partial charge in [0.25, 0.3) is 0 Å². The van der Waals surface area contributed by atoms with Crippen molar-refractivity contribution in [2.75, 3.05) is 24.7 Å². The van der Waals surface area contributed by atoms with E-state index < -0.39 is 0 Å². The summed E-state index contributed by atoms with van der Waals surface area (Å²) in [6, 6.07) is 5.77. The Hall–Kier alpha value is -1.55. The van der Waals surface area contributed by atoms with Crippen LogP contribution in [-0.4, -0.2) is 19.0 Å². The van der Waals surface area contributed by atoms with Crippen LogP contribution in [0.2, 0.25) is 0 Å². The fourth-order valence-corrected chi connectivity index (χ4v) is 3.10. The zero-order valence-electron chi connectivity index (χ0n) is 12.3. The van der Waals surface area contributed by atoms with Crippen LogP contribution < -0.4 is 11.5 Å². The van der Waals surface area contributed by atoms with Crippen LogP contribution >= 0.6 is 0 Å². The zero-order valence-corrected chi connectivity index (χ0v) is 12.3. The molecule has 4 nitrogen and oxygen atoms in total. The predicted molar refractivity (Wildman–Crippen MR) is 81.4 cm³/mol. The molecule has 0 aromatic heterocycles. The molecule has 1 aliphatic rings. The minimum atomic E-state index is -0.0128. The molecule has 4 N–H and O–H groups in total. The molecule has 1 aliphatic heterocycles. The average Bonchev–Trinajstić information content (AvgIpc) is 2.44. The van der Waals surface area contributed by atoms with Crippen molar-refractivity contribution < 1.29 is 9.53 Å². The van der Waals surface area contributed by atoms with Crippen LogP contribution in [0.15, 0.2) is 18.2 Å². The fourth-order valence-electron chi connectivity index (χ4n) is 3.10. The van der Waals surface area contributed by atoms with Gasteiger partial charge in [-0.2, -0.15) is 0 Å². The van der Waals surface area contributed by atoms with Crippen LogP contribution in [0.5, 0.6) is 0 Å². The monoisotopic (exact) mass is 276 g/mol. The summed E-state index contributed by atoms with van der Waals surface area (Å²) in [6.45, 7) is 5.22. The van der Waals surface area contributed by atoms with Gasteiger partial charge in [0, 0.05) is 19.1 Å². The molecule has 1 aromatic rings. The van der Waals surface area contributed by atoms with Gasteiger partial charge in [-0.15, -0.1) is 0 Å². The van der Waals surface area contributed by atoms with E-state index in [4.69, 9.17) is 16.2 Å². The normalized spacial score (nSPS) is 19.5. The summed E-state index contributed by atoms with van der Waals surface area (Å²) in [5, 5.41) is 0. The van der Waals surface area contributed by atoms with Crippen molar-refractivity contribution in [3.63, 3.8) is 0 Å². The van der Waals surface area contributed by atoms with E-state index in [2.05, 4.69) is 0 Å². The van der Waals surface area contributed by atoms with Crippen LogP contribution in [0, 0.1) is 11.8 Å². The van der Waals surface area contributed by atoms with Crippen molar-refractivity contribution in [3.05, 3.63) is 23.8 Å². The summed E-state index contributed by atoms with van der Waals surface area (Å²) in [4.78, 5) is 11.9. The Morgan fingerprint density at radius 2 is 1.90 bits per heavy atom. The number of nitrogen functional groups attached to an aromatic ring is 2. The maximum absolute atomic E-state index is 11.9. The molecule has 0 radical (unpaired) electrons. The number of hydrogen-bond donors (Lipinski definition) is 2. The van der Waals surface area contributed by atoms with Gasteiger partial charge in [-0.3, -0.25) is 4.79 Å². The minimum absolute atomic E-state index is 0.0128. The zero-order chi connectivity index (χ0) is 14.7. The Balaban J connectivity index is 2.33. The summed E-state index contributed by atoms with van der Waals surface area (Å²) >= 11 is 0. The number of carbonyl (C=O) groups excluding carboxylic acids is 1. The smallest absolute Gasteiger partial charge is 0.133 e. The number of rotatable bonds is 4. The van der Waals surface area contributed by atoms with Crippen molar-refractivity contribution in [2.45, 2.75) is 32.6 Å². The SMILES string of the molecule is CC(=O)[C@@H](C)[C@@H](c1ccc(N)c(N)c1)C1CCOCC1. The minimum Gasteiger partial charge on any atom is -0.397 e. The number of hydrogen-bond acceptors (Lipinski definition) is 4. The summed E-state index contributed by atoms with van der Waals surface area (Å²) in [6.07, 6.45) is 1.99. The van der Waals surface area contributed by atoms with Crippen LogP contribution in [-0.2, 0) is 9.53 Å². The number of Topliss-reactive ketones (excluding diaryl/α,β-unsaturated/α-hetero) is 1. The first kappa shape index (κ1) is 14.9. The first-order valence-electron chi connectivity index (χ1n) is 7.23. The van der Waals surface area contributed by atoms with Gasteiger partial charge in [0.1, 0.15) is 5.78 Å². The lowest BCUT2D eigenvalue weighted by molar-refractivity contribution is -0.121. The molecule has 1 saturated heterocycles. The van der Waals surface area contributed by atoms with E-state index in [9.17, 15) is 4.79 Å². The Kier molecular flexibility index (Phi) is 4.65. The molecule has 110 valence electrons. The number of nitrogens with two attached hydrogens (primary N) is 2. The number of benzene rings is 1. The quantitative estimate of drug-likeness (QED) is 0.828. The maximum Gasteiger partial charge on any atom is 0.133 e. The van der Waals surface area contributed by atoms with Crippen LogP contribution in [0.25, 0.3) is 0 Å². The first-order chi connectivity index (χ1) is 9.50. The van der Waals surface area contributed by atoms with Gasteiger partial charge in [0.2, 0.25) is 0 Å². The molecule has 0 amide bonds. The molecule has 1 aromatic carbocycles. The lowest BCUT2D eigenvalue weighted by Crippen LogP contribution is -2.29. The Morgan fingerprint density at radius 3 is 2.45 bits per heavy atom. The van der Waals surface area contributed by atoms with Gasteiger partial charge in [-0.1, -0.05) is 13.0 Å². The second-order valence-electron chi connectivity index (χ2n) is 5.76. The molecule has 1 heterocycles. The third-order valence-corrected chi connectivity index (χ3v) is 4.45. The van der Waals surface area contributed by atoms with Crippen molar-refractivity contribution in [3.8, 4) is 0 Å². The van der Waals surface area contributed by atoms with Crippen molar-refractivity contribution >= 4 is 17.2 Å². The number of anilines is 2. The van der Waals surface area contributed by atoms with E-state index in [-0.39, 0.29) is 17.6 Å². The molecule has 0 unspecified atom stereocenters. The van der Waals surface area contributed by atoms with Crippen LogP contribution in [0.3, 0.4) is 0 Å². The number of ether oxygens (including phenoxy) is 1. The molecule has 0 aliphatic carbocycles. The molecule has 4 heteroatoms. The van der Waals surface area contributed by atoms with E-state index in [0.29, 0.717) is 17.3 Å². The molecule has 2 atom stereocenters. The summed E-state index contributed by atoms with van der Waals surface area (Å²) in [5.74, 6) is 0.864. The van der Waals surface area contributed by atoms with Crippen LogP contribution in [0.4, 0.5) is 11.4 Å². The standard InChI is InChI=1S/C16H24N2O2/c1-10(11(2)19)16(12-5-7-20-8-6-12)13-3-4-14(17)15(18)9-13/h3-4,9-10,12,16H,5-8,17-18H2,1-2H3/t10-,16-/m1/s1. The topological polar surface area (TPSA) is 78.3 Å². The molecular weight excluding hydrogens is 252 g/mol. The largest absolute Gasteiger partial charge is 0.397 e. The lowest BCUT2D eigenvalue weighted by Gasteiger charge is -2.34. The van der Waals surface area contributed by atoms with Gasteiger partial charge in [0.05, 0.1) is 11.4 Å². The highest BCUT2D eigenvalue weighted by Gasteiger charge is 2.32. The Morgan fingerprint density at radius 1 is 1.25 bits per heavy atom. The van der Waals surface area contributed by atoms with E-state index >= 15 is 0 Å². The van der Waals surface area contributed by atoms with E-state index in [1.807, 2.05) is 25.1 Å². The molecule has 0 saturated carbocycles. The molecule has 0 spiro atoms. The van der Waals surface area contributed by atoms with Gasteiger partial charge in [-0.05, 0) is 49.3 Å². The van der Waals surface area contributed by atoms with E-state index in [1.165, 1.54) is 0 Å². The number of carbonyl (C=O) groups is 1. The van der Waals surface area contributed by atoms with E-state index in [0.717, 1.165) is 31.6 Å². The van der Waals surface area contributed by atoms with E-state index in [1.54, 1.807) is 6.92 Å². The van der Waals surface area contributed by atoms with Crippen molar-refractivity contribution in [1.82, 2.24) is 0 Å². The second-order valence-corrected chi connectivity index (χ2v) is 5.76. The van der Waals surface area contributed by atoms with Crippen molar-refractivity contribution in [2.24, 2.45) is 11.8 Å². The highest BCUT2D eigenvalue weighted by Crippen LogP contribution is 2.39. The third-order valence-electron chi connectivity index (χ3n) is 4.45. The molecule has 2 rings (SSSR count). The summed E-state index contributed by atoms with van der Waals surface area (Å²) < 4.78 is 5.44. The second kappa shape index (κ2) is 6.27. The Bertz CT molecular complexity index is 481. The molecular formula is C16H24N2O2. The average molecular weight is 276 g/mol. The van der Waals surface area contributed by atoms with Crippen LogP contribution in [0.1, 0.15) is 38.2 Å². The third kappa shape index (κ3) is 3.12. The maximum atomic E-state index is 11.9. The molecule has 0 bridgehead atoms. The van der Waals surface area contributed by atoms with Gasteiger partial charge < -0.3 is 16.2 Å².